The van der Waals surface area contributed by atoms with Crippen LogP contribution in [0.25, 0.3) is 0 Å². The number of nitrogens with two attached hydrogens (primary N) is 1. The predicted molar refractivity (Wildman–Crippen MR) is 117 cm³/mol. The summed E-state index contributed by atoms with van der Waals surface area (Å²) in [5.41, 5.74) is 11.9. The first-order chi connectivity index (χ1) is 14.6. The van der Waals surface area contributed by atoms with E-state index in [1.165, 1.54) is 5.56 Å². The van der Waals surface area contributed by atoms with Gasteiger partial charge in [-0.2, -0.15) is 5.48 Å². The molecule has 30 heavy (non-hydrogen) atoms. The molecule has 0 aromatic heterocycles. The molecular formula is C25H32N2O3. The number of hydrogen-bond donors (Lipinski definition) is 3. The Morgan fingerprint density at radius 3 is 2.53 bits per heavy atom. The molecule has 0 bridgehead atoms. The molecule has 3 unspecified atom stereocenters. The summed E-state index contributed by atoms with van der Waals surface area (Å²) in [6.07, 6.45) is 7.24. The molecule has 5 nitrogen and oxygen atoms in total. The number of hydrogen-bond acceptors (Lipinski definition) is 4. The number of carboxylic acid groups (broad SMARTS) is 1. The first-order valence-electron chi connectivity index (χ1n) is 11.1. The number of para-hydroxylation sites is 1. The number of aryl methyl sites for hydroxylation is 1. The molecule has 160 valence electrons. The average Bonchev–Trinajstić information content (AvgIpc) is 3.28. The maximum Gasteiger partial charge on any atom is 0.308 e. The van der Waals surface area contributed by atoms with Crippen molar-refractivity contribution >= 4 is 5.97 Å². The van der Waals surface area contributed by atoms with E-state index >= 15 is 0 Å². The van der Waals surface area contributed by atoms with E-state index in [2.05, 4.69) is 23.7 Å². The average molecular weight is 409 g/mol. The highest BCUT2D eigenvalue weighted by Crippen LogP contribution is 2.49. The Morgan fingerprint density at radius 2 is 1.80 bits per heavy atom. The fourth-order valence-electron chi connectivity index (χ4n) is 5.74. The first-order valence-corrected chi connectivity index (χ1v) is 11.1. The Kier molecular flexibility index (Phi) is 6.40. The van der Waals surface area contributed by atoms with Crippen LogP contribution in [0.3, 0.4) is 0 Å². The highest BCUT2D eigenvalue weighted by Gasteiger charge is 2.49. The van der Waals surface area contributed by atoms with E-state index in [1.54, 1.807) is 0 Å². The minimum Gasteiger partial charge on any atom is -0.481 e. The summed E-state index contributed by atoms with van der Waals surface area (Å²) < 4.78 is 0. The molecule has 1 fully saturated rings. The Labute approximate surface area is 178 Å². The summed E-state index contributed by atoms with van der Waals surface area (Å²) >= 11 is 0. The molecule has 2 aliphatic carbocycles. The highest BCUT2D eigenvalue weighted by atomic mass is 16.6. The lowest BCUT2D eigenvalue weighted by molar-refractivity contribution is -0.147. The van der Waals surface area contributed by atoms with Crippen LogP contribution >= 0.6 is 0 Å². The molecule has 0 aliphatic heterocycles. The molecule has 1 saturated carbocycles. The molecule has 0 heterocycles. The zero-order chi connectivity index (χ0) is 21.0. The lowest BCUT2D eigenvalue weighted by Crippen LogP contribution is -2.55. The van der Waals surface area contributed by atoms with Crippen LogP contribution in [0, 0.1) is 17.8 Å². The number of carboxylic acids is 1. The maximum atomic E-state index is 12.5. The van der Waals surface area contributed by atoms with Crippen molar-refractivity contribution in [1.29, 1.82) is 0 Å². The predicted octanol–water partition coefficient (Wildman–Crippen LogP) is 4.27. The molecule has 4 rings (SSSR count). The van der Waals surface area contributed by atoms with Crippen LogP contribution in [-0.2, 0) is 16.8 Å². The quantitative estimate of drug-likeness (QED) is 0.568. The minimum absolute atomic E-state index is 0.133. The fraction of sp³-hybridized carbons (Fsp3) is 0.480. The van der Waals surface area contributed by atoms with Gasteiger partial charge in [0.05, 0.1) is 5.92 Å². The van der Waals surface area contributed by atoms with Crippen molar-refractivity contribution in [2.45, 2.75) is 50.5 Å². The number of hydroxylamine groups is 1. The molecule has 0 radical (unpaired) electrons. The summed E-state index contributed by atoms with van der Waals surface area (Å²) in [7, 11) is 0. The molecule has 2 aromatic rings. The van der Waals surface area contributed by atoms with Gasteiger partial charge in [0, 0.05) is 12.1 Å². The second-order valence-electron chi connectivity index (χ2n) is 8.83. The van der Waals surface area contributed by atoms with E-state index in [4.69, 9.17) is 10.6 Å². The topological polar surface area (TPSA) is 84.6 Å². The van der Waals surface area contributed by atoms with E-state index in [1.807, 2.05) is 36.4 Å². The number of rotatable bonds is 8. The van der Waals surface area contributed by atoms with Crippen molar-refractivity contribution in [1.82, 2.24) is 5.48 Å². The Bertz CT molecular complexity index is 850. The van der Waals surface area contributed by atoms with Crippen LogP contribution in [0.5, 0.6) is 5.75 Å². The van der Waals surface area contributed by atoms with Crippen molar-refractivity contribution in [3.05, 3.63) is 65.7 Å². The van der Waals surface area contributed by atoms with Crippen molar-refractivity contribution in [3.8, 4) is 5.75 Å². The summed E-state index contributed by atoms with van der Waals surface area (Å²) in [6.45, 7) is 0.229. The second kappa shape index (κ2) is 9.19. The van der Waals surface area contributed by atoms with Crippen molar-refractivity contribution < 1.29 is 14.7 Å². The van der Waals surface area contributed by atoms with Gasteiger partial charge in [0.15, 0.2) is 0 Å². The van der Waals surface area contributed by atoms with E-state index in [9.17, 15) is 9.90 Å². The van der Waals surface area contributed by atoms with Crippen molar-refractivity contribution in [3.63, 3.8) is 0 Å². The van der Waals surface area contributed by atoms with Gasteiger partial charge in [-0.1, -0.05) is 68.1 Å². The third kappa shape index (κ3) is 4.23. The number of benzene rings is 2. The van der Waals surface area contributed by atoms with Gasteiger partial charge in [-0.05, 0) is 54.4 Å². The summed E-state index contributed by atoms with van der Waals surface area (Å²) in [5.74, 6) is -0.562. The van der Waals surface area contributed by atoms with Crippen LogP contribution in [-0.4, -0.2) is 17.6 Å². The number of aliphatic carboxylic acids is 1. The molecule has 2 aliphatic rings. The van der Waals surface area contributed by atoms with Gasteiger partial charge in [0.25, 0.3) is 0 Å². The van der Waals surface area contributed by atoms with Gasteiger partial charge < -0.3 is 15.7 Å². The third-order valence-corrected chi connectivity index (χ3v) is 7.05. The largest absolute Gasteiger partial charge is 0.481 e. The zero-order valence-corrected chi connectivity index (χ0v) is 17.4. The van der Waals surface area contributed by atoms with Crippen molar-refractivity contribution in [2.75, 3.05) is 6.54 Å². The fourth-order valence-corrected chi connectivity index (χ4v) is 5.74. The minimum atomic E-state index is -0.802. The number of nitrogens with one attached hydrogen (secondary N) is 1. The molecule has 2 aromatic carbocycles. The van der Waals surface area contributed by atoms with Gasteiger partial charge in [-0.25, -0.2) is 0 Å². The molecule has 5 heteroatoms. The Balaban J connectivity index is 1.62. The van der Waals surface area contributed by atoms with Gasteiger partial charge in [0.2, 0.25) is 0 Å². The van der Waals surface area contributed by atoms with E-state index in [0.717, 1.165) is 50.5 Å². The first kappa shape index (κ1) is 20.9. The van der Waals surface area contributed by atoms with Crippen molar-refractivity contribution in [2.24, 2.45) is 23.5 Å². The Morgan fingerprint density at radius 1 is 1.10 bits per heavy atom. The maximum absolute atomic E-state index is 12.5. The van der Waals surface area contributed by atoms with E-state index in [0.29, 0.717) is 11.7 Å². The van der Waals surface area contributed by atoms with Crippen LogP contribution in [0.1, 0.15) is 49.7 Å². The monoisotopic (exact) mass is 408 g/mol. The normalized spacial score (nSPS) is 23.5. The van der Waals surface area contributed by atoms with E-state index in [-0.39, 0.29) is 12.5 Å². The molecule has 0 spiro atoms. The van der Waals surface area contributed by atoms with Gasteiger partial charge >= 0.3 is 5.97 Å². The molecule has 0 amide bonds. The zero-order valence-electron chi connectivity index (χ0n) is 17.4. The van der Waals surface area contributed by atoms with Crippen LogP contribution < -0.4 is 16.1 Å². The summed E-state index contributed by atoms with van der Waals surface area (Å²) in [4.78, 5) is 18.1. The second-order valence-corrected chi connectivity index (χ2v) is 8.83. The lowest BCUT2D eigenvalue weighted by Gasteiger charge is -2.47. The molecular weight excluding hydrogens is 376 g/mol. The van der Waals surface area contributed by atoms with Gasteiger partial charge in [-0.15, -0.1) is 0 Å². The highest BCUT2D eigenvalue weighted by molar-refractivity contribution is 5.71. The van der Waals surface area contributed by atoms with Gasteiger partial charge in [0.1, 0.15) is 5.75 Å². The molecule has 4 N–H and O–H groups in total. The van der Waals surface area contributed by atoms with Crippen LogP contribution in [0.4, 0.5) is 0 Å². The standard InChI is InChI=1S/C25H32N2O3/c26-25(16-8-12-18-9-6-7-15-22(18)25)23(19-10-4-5-11-19)21(24(28)29)17-27-30-20-13-2-1-3-14-20/h1-3,6-7,9,13-15,19,21,23,27H,4-5,8,10-12,16-17,26H2,(H,28,29). The van der Waals surface area contributed by atoms with Gasteiger partial charge in [-0.3, -0.25) is 4.79 Å². The SMILES string of the molecule is NC1(C(C2CCCC2)C(CNOc2ccccc2)C(=O)O)CCCc2ccccc21. The third-order valence-electron chi connectivity index (χ3n) is 7.05. The molecule has 0 saturated heterocycles. The lowest BCUT2D eigenvalue weighted by atomic mass is 9.61. The number of carbonyl (C=O) groups is 1. The van der Waals surface area contributed by atoms with Crippen LogP contribution in [0.15, 0.2) is 54.6 Å². The van der Waals surface area contributed by atoms with Crippen LogP contribution in [0.2, 0.25) is 0 Å². The Hall–Kier alpha value is -2.37. The molecule has 3 atom stereocenters. The summed E-state index contributed by atoms with van der Waals surface area (Å²) in [6, 6.07) is 17.7. The smallest absolute Gasteiger partial charge is 0.308 e. The number of fused-ring (bicyclic) bond motifs is 1. The summed E-state index contributed by atoms with van der Waals surface area (Å²) in [5, 5.41) is 10.2. The van der Waals surface area contributed by atoms with E-state index < -0.39 is 17.4 Å².